The van der Waals surface area contributed by atoms with Crippen molar-refractivity contribution in [2.75, 3.05) is 4.90 Å². The summed E-state index contributed by atoms with van der Waals surface area (Å²) in [7, 11) is 0. The maximum atomic E-state index is 14.2. The first-order chi connectivity index (χ1) is 9.08. The van der Waals surface area contributed by atoms with Gasteiger partial charge in [0.1, 0.15) is 5.56 Å². The number of rotatable bonds is 2. The Morgan fingerprint density at radius 1 is 1.37 bits per heavy atom. The molecule has 0 aliphatic carbocycles. The van der Waals surface area contributed by atoms with Gasteiger partial charge in [-0.15, -0.1) is 0 Å². The second-order valence-corrected chi connectivity index (χ2v) is 5.22. The molecule has 0 spiro atoms. The van der Waals surface area contributed by atoms with Gasteiger partial charge in [0, 0.05) is 18.3 Å². The Labute approximate surface area is 109 Å². The molecule has 5 nitrogen and oxygen atoms in total. The van der Waals surface area contributed by atoms with Crippen molar-refractivity contribution in [1.29, 1.82) is 0 Å². The molecule has 102 valence electrons. The van der Waals surface area contributed by atoms with E-state index in [1.54, 1.807) is 0 Å². The van der Waals surface area contributed by atoms with Gasteiger partial charge in [-0.25, -0.2) is 14.2 Å². The van der Waals surface area contributed by atoms with Crippen molar-refractivity contribution in [3.8, 4) is 0 Å². The van der Waals surface area contributed by atoms with Crippen LogP contribution in [0.15, 0.2) is 12.3 Å². The number of piperidine rings is 1. The van der Waals surface area contributed by atoms with E-state index in [9.17, 15) is 14.3 Å². The lowest BCUT2D eigenvalue weighted by Crippen LogP contribution is -2.45. The van der Waals surface area contributed by atoms with Crippen molar-refractivity contribution >= 4 is 11.8 Å². The summed E-state index contributed by atoms with van der Waals surface area (Å²) >= 11 is 0. The van der Waals surface area contributed by atoms with E-state index in [0.29, 0.717) is 12.8 Å². The van der Waals surface area contributed by atoms with Gasteiger partial charge < -0.3 is 15.1 Å². The minimum atomic E-state index is -1.29. The quantitative estimate of drug-likeness (QED) is 0.846. The molecule has 1 aromatic rings. The number of aromatic nitrogens is 1. The van der Waals surface area contributed by atoms with Crippen LogP contribution in [0.1, 0.15) is 36.0 Å². The SMILES string of the molecule is O=C(O)c1ccnc(N2C3CCC2CC(O)C3)c1F. The Morgan fingerprint density at radius 3 is 2.58 bits per heavy atom. The van der Waals surface area contributed by atoms with Crippen LogP contribution in [-0.4, -0.2) is 39.4 Å². The highest BCUT2D eigenvalue weighted by Gasteiger charge is 2.42. The lowest BCUT2D eigenvalue weighted by atomic mass is 9.99. The van der Waals surface area contributed by atoms with Crippen LogP contribution in [0, 0.1) is 5.82 Å². The topological polar surface area (TPSA) is 73.7 Å². The predicted octanol–water partition coefficient (Wildman–Crippen LogP) is 1.41. The van der Waals surface area contributed by atoms with Crippen molar-refractivity contribution in [2.45, 2.75) is 43.9 Å². The molecular weight excluding hydrogens is 251 g/mol. The van der Waals surface area contributed by atoms with Crippen LogP contribution >= 0.6 is 0 Å². The highest BCUT2D eigenvalue weighted by atomic mass is 19.1. The van der Waals surface area contributed by atoms with Crippen molar-refractivity contribution in [2.24, 2.45) is 0 Å². The summed E-state index contributed by atoms with van der Waals surface area (Å²) in [5.74, 6) is -1.95. The second kappa shape index (κ2) is 4.45. The number of aliphatic hydroxyl groups excluding tert-OH is 1. The van der Waals surface area contributed by atoms with Gasteiger partial charge in [-0.1, -0.05) is 0 Å². The second-order valence-electron chi connectivity index (χ2n) is 5.22. The van der Waals surface area contributed by atoms with E-state index >= 15 is 0 Å². The van der Waals surface area contributed by atoms with Crippen molar-refractivity contribution in [1.82, 2.24) is 4.98 Å². The minimum Gasteiger partial charge on any atom is -0.478 e. The minimum absolute atomic E-state index is 0.0554. The molecule has 3 heterocycles. The van der Waals surface area contributed by atoms with E-state index in [1.165, 1.54) is 12.3 Å². The van der Waals surface area contributed by atoms with Crippen molar-refractivity contribution in [3.05, 3.63) is 23.6 Å². The zero-order valence-electron chi connectivity index (χ0n) is 10.3. The van der Waals surface area contributed by atoms with Gasteiger partial charge in [0.05, 0.1) is 6.10 Å². The van der Waals surface area contributed by atoms with E-state index in [-0.39, 0.29) is 29.6 Å². The number of hydrogen-bond acceptors (Lipinski definition) is 4. The van der Waals surface area contributed by atoms with Crippen LogP contribution in [0.25, 0.3) is 0 Å². The van der Waals surface area contributed by atoms with Crippen molar-refractivity contribution in [3.63, 3.8) is 0 Å². The molecule has 6 heteroatoms. The molecule has 19 heavy (non-hydrogen) atoms. The molecule has 0 saturated carbocycles. The third-order valence-corrected chi connectivity index (χ3v) is 4.05. The molecule has 3 rings (SSSR count). The first-order valence-electron chi connectivity index (χ1n) is 6.42. The van der Waals surface area contributed by atoms with Crippen molar-refractivity contribution < 1.29 is 19.4 Å². The number of aliphatic hydroxyl groups is 1. The zero-order chi connectivity index (χ0) is 13.6. The third kappa shape index (κ3) is 1.96. The Kier molecular flexibility index (Phi) is 2.89. The maximum Gasteiger partial charge on any atom is 0.338 e. The molecule has 2 unspecified atom stereocenters. The van der Waals surface area contributed by atoms with Gasteiger partial charge in [0.15, 0.2) is 11.6 Å². The molecule has 2 fully saturated rings. The van der Waals surface area contributed by atoms with Gasteiger partial charge in [-0.2, -0.15) is 0 Å². The molecule has 2 atom stereocenters. The fourth-order valence-corrected chi connectivity index (χ4v) is 3.27. The molecule has 0 radical (unpaired) electrons. The van der Waals surface area contributed by atoms with Gasteiger partial charge in [0.25, 0.3) is 0 Å². The van der Waals surface area contributed by atoms with Crippen LogP contribution in [-0.2, 0) is 0 Å². The van der Waals surface area contributed by atoms with Crippen LogP contribution < -0.4 is 4.90 Å². The average Bonchev–Trinajstić information content (AvgIpc) is 2.62. The summed E-state index contributed by atoms with van der Waals surface area (Å²) in [5, 5.41) is 18.7. The smallest absolute Gasteiger partial charge is 0.338 e. The number of hydrogen-bond donors (Lipinski definition) is 2. The third-order valence-electron chi connectivity index (χ3n) is 4.05. The Hall–Kier alpha value is -1.69. The maximum absolute atomic E-state index is 14.2. The fraction of sp³-hybridized carbons (Fsp3) is 0.538. The van der Waals surface area contributed by atoms with Gasteiger partial charge in [-0.3, -0.25) is 0 Å². The highest BCUT2D eigenvalue weighted by molar-refractivity contribution is 5.88. The summed E-state index contributed by atoms with van der Waals surface area (Å²) in [6.45, 7) is 0. The summed E-state index contributed by atoms with van der Waals surface area (Å²) in [4.78, 5) is 16.8. The molecular formula is C13H15FN2O3. The zero-order valence-corrected chi connectivity index (χ0v) is 10.3. The van der Waals surface area contributed by atoms with Gasteiger partial charge in [-0.05, 0) is 31.7 Å². The first kappa shape index (κ1) is 12.3. The first-order valence-corrected chi connectivity index (χ1v) is 6.42. The summed E-state index contributed by atoms with van der Waals surface area (Å²) in [5.41, 5.74) is -0.351. The number of fused-ring (bicyclic) bond motifs is 2. The van der Waals surface area contributed by atoms with E-state index < -0.39 is 11.8 Å². The van der Waals surface area contributed by atoms with Crippen LogP contribution in [0.3, 0.4) is 0 Å². The van der Waals surface area contributed by atoms with E-state index in [2.05, 4.69) is 4.98 Å². The molecule has 2 bridgehead atoms. The normalized spacial score (nSPS) is 29.6. The lowest BCUT2D eigenvalue weighted by molar-refractivity contribution is 0.0691. The number of carboxylic acid groups (broad SMARTS) is 1. The number of nitrogens with zero attached hydrogens (tertiary/aromatic N) is 2. The largest absolute Gasteiger partial charge is 0.478 e. The molecule has 0 amide bonds. The monoisotopic (exact) mass is 266 g/mol. The number of pyridine rings is 1. The number of carboxylic acids is 1. The number of carbonyl (C=O) groups is 1. The fourth-order valence-electron chi connectivity index (χ4n) is 3.27. The summed E-state index contributed by atoms with van der Waals surface area (Å²) < 4.78 is 14.2. The van der Waals surface area contributed by atoms with Crippen LogP contribution in [0.4, 0.5) is 10.2 Å². The van der Waals surface area contributed by atoms with E-state index in [0.717, 1.165) is 12.8 Å². The highest BCUT2D eigenvalue weighted by Crippen LogP contribution is 2.39. The van der Waals surface area contributed by atoms with Gasteiger partial charge in [0.2, 0.25) is 0 Å². The van der Waals surface area contributed by atoms with Crippen LogP contribution in [0.2, 0.25) is 0 Å². The standard InChI is InChI=1S/C13H15FN2O3/c14-11-10(13(18)19)3-4-15-12(11)16-7-1-2-8(16)6-9(17)5-7/h3-4,7-9,17H,1-2,5-6H2,(H,18,19). The summed E-state index contributed by atoms with van der Waals surface area (Å²) in [6, 6.07) is 1.28. The summed E-state index contributed by atoms with van der Waals surface area (Å²) in [6.07, 6.45) is 3.94. The molecule has 2 aliphatic heterocycles. The molecule has 0 aromatic carbocycles. The van der Waals surface area contributed by atoms with E-state index in [1.807, 2.05) is 4.90 Å². The van der Waals surface area contributed by atoms with E-state index in [4.69, 9.17) is 5.11 Å². The number of aromatic carboxylic acids is 1. The van der Waals surface area contributed by atoms with Gasteiger partial charge >= 0.3 is 5.97 Å². The lowest BCUT2D eigenvalue weighted by Gasteiger charge is -2.38. The molecule has 2 aliphatic rings. The number of anilines is 1. The van der Waals surface area contributed by atoms with Crippen LogP contribution in [0.5, 0.6) is 0 Å². The Morgan fingerprint density at radius 2 is 2.00 bits per heavy atom. The molecule has 1 aromatic heterocycles. The Balaban J connectivity index is 1.99. The average molecular weight is 266 g/mol. The Bertz CT molecular complexity index is 509. The predicted molar refractivity (Wildman–Crippen MR) is 65.7 cm³/mol. The molecule has 2 N–H and O–H groups in total. The number of halogens is 1. The molecule has 2 saturated heterocycles.